The van der Waals surface area contributed by atoms with Gasteiger partial charge in [0.1, 0.15) is 11.4 Å². The fourth-order valence-corrected chi connectivity index (χ4v) is 3.24. The Bertz CT molecular complexity index is 1280. The highest BCUT2D eigenvalue weighted by atomic mass is 32.2. The smallest absolute Gasteiger partial charge is 0.357 e. The fourth-order valence-electron chi connectivity index (χ4n) is 2.79. The Hall–Kier alpha value is -3.71. The summed E-state index contributed by atoms with van der Waals surface area (Å²) >= 11 is 0. The number of anilines is 2. The van der Waals surface area contributed by atoms with Gasteiger partial charge in [0.05, 0.1) is 25.6 Å². The van der Waals surface area contributed by atoms with Crippen LogP contribution in [0.1, 0.15) is 5.56 Å². The Morgan fingerprint density at radius 2 is 2.14 bits per heavy atom. The van der Waals surface area contributed by atoms with E-state index >= 15 is 0 Å². The van der Waals surface area contributed by atoms with Gasteiger partial charge in [-0.1, -0.05) is 11.3 Å². The highest BCUT2D eigenvalue weighted by molar-refractivity contribution is 7.87. The van der Waals surface area contributed by atoms with Gasteiger partial charge >= 0.3 is 10.3 Å². The zero-order valence-corrected chi connectivity index (χ0v) is 15.8. The van der Waals surface area contributed by atoms with Gasteiger partial charge in [0, 0.05) is 0 Å². The number of benzene rings is 1. The molecule has 3 heterocycles. The molecule has 0 bridgehead atoms. The van der Waals surface area contributed by atoms with Gasteiger partial charge in [0.2, 0.25) is 5.95 Å². The molecule has 0 amide bonds. The number of ether oxygens (including phenoxy) is 1. The van der Waals surface area contributed by atoms with Gasteiger partial charge in [-0.05, 0) is 29.8 Å². The van der Waals surface area contributed by atoms with Crippen LogP contribution in [0, 0.1) is 0 Å². The number of aromatic nitrogens is 5. The number of fused-ring (bicyclic) bond motifs is 1. The van der Waals surface area contributed by atoms with E-state index in [2.05, 4.69) is 20.3 Å². The number of nitrogens with two attached hydrogens (primary N) is 1. The van der Waals surface area contributed by atoms with Crippen molar-refractivity contribution in [3.05, 3.63) is 42.2 Å². The minimum atomic E-state index is -4.43. The van der Waals surface area contributed by atoms with Crippen molar-refractivity contribution in [3.63, 3.8) is 0 Å². The molecule has 0 atom stereocenters. The first-order valence-corrected chi connectivity index (χ1v) is 9.61. The van der Waals surface area contributed by atoms with Crippen LogP contribution >= 0.6 is 0 Å². The SMILES string of the molecule is COc1cc(Cn2nnc3c(-c4ccco4)nc(N)nc32)ccc1NS(=O)(=O)O. The largest absolute Gasteiger partial charge is 0.495 e. The second-order valence-corrected chi connectivity index (χ2v) is 7.09. The number of nitrogens with zero attached hydrogens (tertiary/aromatic N) is 5. The van der Waals surface area contributed by atoms with Gasteiger partial charge in [-0.25, -0.2) is 9.67 Å². The number of methoxy groups -OCH3 is 1. The number of nitrogens with one attached hydrogen (secondary N) is 1. The van der Waals surface area contributed by atoms with Crippen LogP contribution in [-0.2, 0) is 16.8 Å². The van der Waals surface area contributed by atoms with Crippen LogP contribution in [0.25, 0.3) is 22.6 Å². The standard InChI is InChI=1S/C16H15N7O5S/c1-27-12-7-9(4-5-10(12)21-29(24,25)26)8-23-15-14(20-22-23)13(18-16(17)19-15)11-3-2-6-28-11/h2-7,21H,8H2,1H3,(H2,17,18,19)(H,24,25,26). The average molecular weight is 417 g/mol. The molecule has 0 saturated carbocycles. The van der Waals surface area contributed by atoms with Crippen molar-refractivity contribution >= 4 is 33.1 Å². The monoisotopic (exact) mass is 417 g/mol. The normalized spacial score (nSPS) is 11.7. The second kappa shape index (κ2) is 7.03. The zero-order valence-electron chi connectivity index (χ0n) is 15.0. The molecule has 0 unspecified atom stereocenters. The third-order valence-corrected chi connectivity index (χ3v) is 4.45. The summed E-state index contributed by atoms with van der Waals surface area (Å²) in [6.07, 6.45) is 1.51. The van der Waals surface area contributed by atoms with E-state index in [1.54, 1.807) is 24.3 Å². The van der Waals surface area contributed by atoms with E-state index in [0.717, 1.165) is 0 Å². The molecule has 12 nitrogen and oxygen atoms in total. The van der Waals surface area contributed by atoms with Crippen LogP contribution < -0.4 is 15.2 Å². The number of hydrogen-bond acceptors (Lipinski definition) is 9. The molecule has 0 spiro atoms. The van der Waals surface area contributed by atoms with E-state index in [1.807, 2.05) is 4.72 Å². The predicted molar refractivity (Wildman–Crippen MR) is 102 cm³/mol. The molecule has 4 N–H and O–H groups in total. The third-order valence-electron chi connectivity index (χ3n) is 3.97. The quantitative estimate of drug-likeness (QED) is 0.389. The summed E-state index contributed by atoms with van der Waals surface area (Å²) in [7, 11) is -3.05. The molecule has 150 valence electrons. The maximum Gasteiger partial charge on any atom is 0.357 e. The Labute approximate surface area is 164 Å². The first-order chi connectivity index (χ1) is 13.8. The number of rotatable bonds is 6. The maximum atomic E-state index is 11.1. The van der Waals surface area contributed by atoms with Crippen molar-refractivity contribution < 1.29 is 22.1 Å². The minimum Gasteiger partial charge on any atom is -0.495 e. The molecule has 0 aliphatic heterocycles. The molecule has 29 heavy (non-hydrogen) atoms. The summed E-state index contributed by atoms with van der Waals surface area (Å²) in [5, 5.41) is 8.25. The molecule has 0 aliphatic rings. The summed E-state index contributed by atoms with van der Waals surface area (Å²) in [4.78, 5) is 8.40. The summed E-state index contributed by atoms with van der Waals surface area (Å²) in [6.45, 7) is 0.243. The van der Waals surface area contributed by atoms with E-state index in [-0.39, 0.29) is 23.9 Å². The van der Waals surface area contributed by atoms with Gasteiger partial charge in [0.25, 0.3) is 0 Å². The molecule has 4 aromatic rings. The molecule has 3 aromatic heterocycles. The lowest BCUT2D eigenvalue weighted by Crippen LogP contribution is -2.11. The van der Waals surface area contributed by atoms with Crippen molar-refractivity contribution in [2.75, 3.05) is 17.6 Å². The molecule has 13 heteroatoms. The van der Waals surface area contributed by atoms with Crippen molar-refractivity contribution in [3.8, 4) is 17.2 Å². The van der Waals surface area contributed by atoms with Gasteiger partial charge in [-0.15, -0.1) is 5.10 Å². The van der Waals surface area contributed by atoms with Crippen LogP contribution in [0.3, 0.4) is 0 Å². The van der Waals surface area contributed by atoms with E-state index in [9.17, 15) is 8.42 Å². The summed E-state index contributed by atoms with van der Waals surface area (Å²) in [6, 6.07) is 8.14. The summed E-state index contributed by atoms with van der Waals surface area (Å²) in [5.41, 5.74) is 7.89. The van der Waals surface area contributed by atoms with Crippen LogP contribution in [0.2, 0.25) is 0 Å². The topological polar surface area (TPSA) is 171 Å². The lowest BCUT2D eigenvalue weighted by Gasteiger charge is -2.11. The van der Waals surface area contributed by atoms with E-state index in [4.69, 9.17) is 19.4 Å². The Kier molecular flexibility index (Phi) is 4.52. The average Bonchev–Trinajstić information content (AvgIpc) is 3.32. The zero-order chi connectivity index (χ0) is 20.6. The van der Waals surface area contributed by atoms with E-state index in [1.165, 1.54) is 24.1 Å². The van der Waals surface area contributed by atoms with Gasteiger partial charge in [-0.3, -0.25) is 9.27 Å². The van der Waals surface area contributed by atoms with Gasteiger partial charge < -0.3 is 14.9 Å². The summed E-state index contributed by atoms with van der Waals surface area (Å²) < 4.78 is 45.1. The highest BCUT2D eigenvalue weighted by Gasteiger charge is 2.18. The number of hydrogen-bond donors (Lipinski definition) is 3. The Morgan fingerprint density at radius 3 is 2.83 bits per heavy atom. The molecule has 0 saturated heterocycles. The fraction of sp³-hybridized carbons (Fsp3) is 0.125. The van der Waals surface area contributed by atoms with Crippen LogP contribution in [-0.4, -0.2) is 45.0 Å². The second-order valence-electron chi connectivity index (χ2n) is 5.94. The number of nitrogen functional groups attached to an aromatic ring is 1. The predicted octanol–water partition coefficient (Wildman–Crippen LogP) is 1.34. The molecule has 0 aliphatic carbocycles. The first-order valence-electron chi connectivity index (χ1n) is 8.17. The van der Waals surface area contributed by atoms with Crippen molar-refractivity contribution in [1.82, 2.24) is 25.0 Å². The van der Waals surface area contributed by atoms with Crippen molar-refractivity contribution in [2.45, 2.75) is 6.54 Å². The molecular formula is C16H15N7O5S. The Morgan fingerprint density at radius 1 is 1.31 bits per heavy atom. The van der Waals surface area contributed by atoms with Crippen molar-refractivity contribution in [2.24, 2.45) is 0 Å². The summed E-state index contributed by atoms with van der Waals surface area (Å²) in [5.74, 6) is 0.742. The maximum absolute atomic E-state index is 11.1. The number of furan rings is 1. The highest BCUT2D eigenvalue weighted by Crippen LogP contribution is 2.28. The lowest BCUT2D eigenvalue weighted by molar-refractivity contribution is 0.415. The molecule has 0 fully saturated rings. The molecule has 4 rings (SSSR count). The minimum absolute atomic E-state index is 0.0396. The molecular weight excluding hydrogens is 402 g/mol. The van der Waals surface area contributed by atoms with E-state index in [0.29, 0.717) is 28.2 Å². The van der Waals surface area contributed by atoms with Crippen molar-refractivity contribution in [1.29, 1.82) is 0 Å². The first kappa shape index (κ1) is 18.6. The molecule has 0 radical (unpaired) electrons. The van der Waals surface area contributed by atoms with Crippen LogP contribution in [0.5, 0.6) is 5.75 Å². The Balaban J connectivity index is 1.72. The lowest BCUT2D eigenvalue weighted by atomic mass is 10.2. The third kappa shape index (κ3) is 3.81. The van der Waals surface area contributed by atoms with E-state index < -0.39 is 10.3 Å². The van der Waals surface area contributed by atoms with Crippen LogP contribution in [0.4, 0.5) is 11.6 Å². The van der Waals surface area contributed by atoms with Gasteiger partial charge in [0.15, 0.2) is 16.9 Å². The van der Waals surface area contributed by atoms with Crippen LogP contribution in [0.15, 0.2) is 41.0 Å². The van der Waals surface area contributed by atoms with Gasteiger partial charge in [-0.2, -0.15) is 13.4 Å². The molecule has 1 aromatic carbocycles.